The van der Waals surface area contributed by atoms with E-state index in [1.807, 2.05) is 18.5 Å². The van der Waals surface area contributed by atoms with Crippen molar-refractivity contribution in [3.05, 3.63) is 66.7 Å². The van der Waals surface area contributed by atoms with Crippen LogP contribution in [0.2, 0.25) is 0 Å². The average molecular weight is 397 g/mol. The molecule has 4 rings (SSSR count). The van der Waals surface area contributed by atoms with Crippen molar-refractivity contribution in [3.63, 3.8) is 0 Å². The summed E-state index contributed by atoms with van der Waals surface area (Å²) in [5.41, 5.74) is 2.11. The maximum Gasteiger partial charge on any atom is 0.416 e. The molecule has 0 spiro atoms. The minimum atomic E-state index is -4.41. The summed E-state index contributed by atoms with van der Waals surface area (Å²) in [4.78, 5) is 12.9. The van der Waals surface area contributed by atoms with E-state index in [1.54, 1.807) is 24.5 Å². The Morgan fingerprint density at radius 2 is 1.90 bits per heavy atom. The van der Waals surface area contributed by atoms with Crippen LogP contribution < -0.4 is 5.32 Å². The molecule has 148 valence electrons. The SMILES string of the molecule is CC(C)n1cc(-c2ccnc(Nc3cccc(C(F)(F)F)c3)n2)c2ccncc21. The van der Waals surface area contributed by atoms with Gasteiger partial charge in [-0.25, -0.2) is 9.97 Å². The van der Waals surface area contributed by atoms with E-state index in [9.17, 15) is 13.2 Å². The molecule has 29 heavy (non-hydrogen) atoms. The van der Waals surface area contributed by atoms with Gasteiger partial charge in [0, 0.05) is 41.3 Å². The summed E-state index contributed by atoms with van der Waals surface area (Å²) in [5, 5.41) is 3.86. The van der Waals surface area contributed by atoms with Crippen molar-refractivity contribution in [2.45, 2.75) is 26.1 Å². The lowest BCUT2D eigenvalue weighted by Crippen LogP contribution is -2.05. The topological polar surface area (TPSA) is 55.6 Å². The van der Waals surface area contributed by atoms with Crippen LogP contribution in [0.1, 0.15) is 25.5 Å². The first-order chi connectivity index (χ1) is 13.8. The third kappa shape index (κ3) is 3.78. The Morgan fingerprint density at radius 1 is 1.07 bits per heavy atom. The second-order valence-electron chi connectivity index (χ2n) is 6.91. The summed E-state index contributed by atoms with van der Waals surface area (Å²) >= 11 is 0. The van der Waals surface area contributed by atoms with Gasteiger partial charge in [-0.2, -0.15) is 13.2 Å². The maximum absolute atomic E-state index is 12.9. The highest BCUT2D eigenvalue weighted by molar-refractivity contribution is 5.94. The molecule has 1 aromatic carbocycles. The minimum absolute atomic E-state index is 0.223. The van der Waals surface area contributed by atoms with E-state index in [0.717, 1.165) is 28.6 Å². The van der Waals surface area contributed by atoms with Gasteiger partial charge in [-0.1, -0.05) is 6.07 Å². The van der Waals surface area contributed by atoms with Crippen molar-refractivity contribution in [2.75, 3.05) is 5.32 Å². The number of rotatable bonds is 4. The third-order valence-corrected chi connectivity index (χ3v) is 4.57. The highest BCUT2D eigenvalue weighted by atomic mass is 19.4. The second kappa shape index (κ2) is 7.20. The van der Waals surface area contributed by atoms with Gasteiger partial charge in [0.2, 0.25) is 5.95 Å². The van der Waals surface area contributed by atoms with Gasteiger partial charge >= 0.3 is 6.18 Å². The molecule has 1 N–H and O–H groups in total. The van der Waals surface area contributed by atoms with Crippen LogP contribution in [0, 0.1) is 0 Å². The molecule has 0 aliphatic heterocycles. The van der Waals surface area contributed by atoms with Crippen molar-refractivity contribution in [1.29, 1.82) is 0 Å². The normalized spacial score (nSPS) is 11.9. The molecule has 0 bridgehead atoms. The van der Waals surface area contributed by atoms with Crippen molar-refractivity contribution in [3.8, 4) is 11.3 Å². The third-order valence-electron chi connectivity index (χ3n) is 4.57. The lowest BCUT2D eigenvalue weighted by atomic mass is 10.1. The molecule has 0 aliphatic carbocycles. The zero-order valence-corrected chi connectivity index (χ0v) is 15.8. The number of halogens is 3. The van der Waals surface area contributed by atoms with Crippen LogP contribution in [0.25, 0.3) is 22.2 Å². The Hall–Kier alpha value is -3.42. The Morgan fingerprint density at radius 3 is 2.66 bits per heavy atom. The van der Waals surface area contributed by atoms with Gasteiger partial charge in [-0.3, -0.25) is 4.98 Å². The number of fused-ring (bicyclic) bond motifs is 1. The van der Waals surface area contributed by atoms with Gasteiger partial charge in [0.15, 0.2) is 0 Å². The lowest BCUT2D eigenvalue weighted by Gasteiger charge is -2.10. The Balaban J connectivity index is 1.71. The summed E-state index contributed by atoms with van der Waals surface area (Å²) in [6.45, 7) is 4.16. The molecule has 0 saturated heterocycles. The number of nitrogens with zero attached hydrogens (tertiary/aromatic N) is 4. The monoisotopic (exact) mass is 397 g/mol. The number of hydrogen-bond donors (Lipinski definition) is 1. The quantitative estimate of drug-likeness (QED) is 0.470. The predicted molar refractivity (Wildman–Crippen MR) is 106 cm³/mol. The molecular formula is C21H18F3N5. The van der Waals surface area contributed by atoms with Gasteiger partial charge in [-0.05, 0) is 44.2 Å². The molecule has 3 aromatic heterocycles. The molecule has 0 unspecified atom stereocenters. The predicted octanol–water partition coefficient (Wildman–Crippen LogP) is 5.84. The fraction of sp³-hybridized carbons (Fsp3) is 0.190. The van der Waals surface area contributed by atoms with Crippen LogP contribution in [0.5, 0.6) is 0 Å². The first-order valence-electron chi connectivity index (χ1n) is 9.05. The molecule has 3 heterocycles. The number of pyridine rings is 1. The summed E-state index contributed by atoms with van der Waals surface area (Å²) in [5.74, 6) is 0.223. The van der Waals surface area contributed by atoms with Gasteiger partial charge in [0.05, 0.1) is 23.0 Å². The first-order valence-corrected chi connectivity index (χ1v) is 9.05. The molecule has 0 atom stereocenters. The smallest absolute Gasteiger partial charge is 0.343 e. The van der Waals surface area contributed by atoms with E-state index >= 15 is 0 Å². The highest BCUT2D eigenvalue weighted by Crippen LogP contribution is 2.33. The van der Waals surface area contributed by atoms with Crippen LogP contribution in [-0.2, 0) is 6.18 Å². The van der Waals surface area contributed by atoms with Crippen LogP contribution >= 0.6 is 0 Å². The first kappa shape index (κ1) is 18.9. The average Bonchev–Trinajstić information content (AvgIpc) is 3.08. The summed E-state index contributed by atoms with van der Waals surface area (Å²) in [7, 11) is 0. The van der Waals surface area contributed by atoms with Crippen LogP contribution in [0.4, 0.5) is 24.8 Å². The van der Waals surface area contributed by atoms with Gasteiger partial charge in [-0.15, -0.1) is 0 Å². The Kier molecular flexibility index (Phi) is 4.70. The number of aromatic nitrogens is 4. The second-order valence-corrected chi connectivity index (χ2v) is 6.91. The fourth-order valence-corrected chi connectivity index (χ4v) is 3.20. The zero-order chi connectivity index (χ0) is 20.6. The van der Waals surface area contributed by atoms with E-state index in [0.29, 0.717) is 5.69 Å². The molecule has 0 amide bonds. The Labute approximate surface area is 165 Å². The largest absolute Gasteiger partial charge is 0.416 e. The molecule has 0 saturated carbocycles. The summed E-state index contributed by atoms with van der Waals surface area (Å²) in [6.07, 6.45) is 2.71. The van der Waals surface area contributed by atoms with Gasteiger partial charge in [0.1, 0.15) is 0 Å². The fourth-order valence-electron chi connectivity index (χ4n) is 3.20. The van der Waals surface area contributed by atoms with Crippen LogP contribution in [0.15, 0.2) is 61.2 Å². The van der Waals surface area contributed by atoms with Crippen molar-refractivity contribution >= 4 is 22.5 Å². The summed E-state index contributed by atoms with van der Waals surface area (Å²) in [6, 6.07) is 8.88. The number of alkyl halides is 3. The molecule has 0 fully saturated rings. The molecule has 4 aromatic rings. The van der Waals surface area contributed by atoms with Crippen LogP contribution in [-0.4, -0.2) is 19.5 Å². The number of hydrogen-bond acceptors (Lipinski definition) is 4. The van der Waals surface area contributed by atoms with E-state index < -0.39 is 11.7 Å². The van der Waals surface area contributed by atoms with E-state index in [4.69, 9.17) is 0 Å². The van der Waals surface area contributed by atoms with Gasteiger partial charge in [0.25, 0.3) is 0 Å². The molecule has 5 nitrogen and oxygen atoms in total. The van der Waals surface area contributed by atoms with Crippen molar-refractivity contribution < 1.29 is 13.2 Å². The molecular weight excluding hydrogens is 379 g/mol. The van der Waals surface area contributed by atoms with Gasteiger partial charge < -0.3 is 9.88 Å². The molecule has 0 aliphatic rings. The lowest BCUT2D eigenvalue weighted by molar-refractivity contribution is -0.137. The number of nitrogens with one attached hydrogen (secondary N) is 1. The van der Waals surface area contributed by atoms with Crippen LogP contribution in [0.3, 0.4) is 0 Å². The number of benzene rings is 1. The van der Waals surface area contributed by atoms with E-state index in [1.165, 1.54) is 6.07 Å². The Bertz CT molecular complexity index is 1160. The van der Waals surface area contributed by atoms with Crippen molar-refractivity contribution in [2.24, 2.45) is 0 Å². The molecule has 8 heteroatoms. The van der Waals surface area contributed by atoms with E-state index in [2.05, 4.69) is 38.7 Å². The summed E-state index contributed by atoms with van der Waals surface area (Å²) < 4.78 is 40.9. The maximum atomic E-state index is 12.9. The minimum Gasteiger partial charge on any atom is -0.343 e. The van der Waals surface area contributed by atoms with Crippen molar-refractivity contribution in [1.82, 2.24) is 19.5 Å². The number of anilines is 2. The zero-order valence-electron chi connectivity index (χ0n) is 15.8. The molecule has 0 radical (unpaired) electrons. The standard InChI is InChI=1S/C21H18F3N5/c1-13(2)29-12-17(16-6-8-25-11-19(16)29)18-7-9-26-20(28-18)27-15-5-3-4-14(10-15)21(22,23)24/h3-13H,1-2H3,(H,26,27,28). The van der Waals surface area contributed by atoms with E-state index in [-0.39, 0.29) is 17.7 Å². The highest BCUT2D eigenvalue weighted by Gasteiger charge is 2.30.